The minimum absolute atomic E-state index is 0.00899. The second-order valence-electron chi connectivity index (χ2n) is 9.12. The van der Waals surface area contributed by atoms with Crippen LogP contribution in [0.3, 0.4) is 0 Å². The SMILES string of the molecule is COc1ccc2c(c1)C1(CCN(Cc3cccc(Cl)c3)CC1)CN2C(=O)c1cc(F)cc(F)c1. The van der Waals surface area contributed by atoms with E-state index in [0.29, 0.717) is 6.54 Å². The molecule has 1 saturated heterocycles. The minimum Gasteiger partial charge on any atom is -0.497 e. The molecule has 0 unspecified atom stereocenters. The van der Waals surface area contributed by atoms with Crippen molar-refractivity contribution >= 4 is 23.2 Å². The molecule has 0 aliphatic carbocycles. The lowest BCUT2D eigenvalue weighted by atomic mass is 9.74. The van der Waals surface area contributed by atoms with E-state index >= 15 is 0 Å². The summed E-state index contributed by atoms with van der Waals surface area (Å²) < 4.78 is 33.1. The summed E-state index contributed by atoms with van der Waals surface area (Å²) in [7, 11) is 1.62. The molecule has 1 spiro atoms. The smallest absolute Gasteiger partial charge is 0.258 e. The number of anilines is 1. The molecular formula is C27H25ClF2N2O2. The van der Waals surface area contributed by atoms with Crippen LogP contribution in [0, 0.1) is 11.6 Å². The van der Waals surface area contributed by atoms with Gasteiger partial charge < -0.3 is 9.64 Å². The largest absolute Gasteiger partial charge is 0.497 e. The highest BCUT2D eigenvalue weighted by Crippen LogP contribution is 2.48. The van der Waals surface area contributed by atoms with Gasteiger partial charge in [0.15, 0.2) is 0 Å². The number of methoxy groups -OCH3 is 1. The molecule has 3 aromatic carbocycles. The number of halogens is 3. The number of carbonyl (C=O) groups excluding carboxylic acids is 1. The van der Waals surface area contributed by atoms with Gasteiger partial charge in [0.25, 0.3) is 5.91 Å². The number of hydrogen-bond acceptors (Lipinski definition) is 3. The van der Waals surface area contributed by atoms with Crippen molar-refractivity contribution < 1.29 is 18.3 Å². The van der Waals surface area contributed by atoms with Crippen LogP contribution in [0.1, 0.15) is 34.3 Å². The van der Waals surface area contributed by atoms with Gasteiger partial charge in [0.1, 0.15) is 17.4 Å². The molecule has 176 valence electrons. The molecule has 0 atom stereocenters. The maximum absolute atomic E-state index is 13.8. The second-order valence-corrected chi connectivity index (χ2v) is 9.56. The average molecular weight is 483 g/mol. The first-order valence-electron chi connectivity index (χ1n) is 11.3. The Morgan fingerprint density at radius 1 is 1.03 bits per heavy atom. The van der Waals surface area contributed by atoms with E-state index in [4.69, 9.17) is 16.3 Å². The quantitative estimate of drug-likeness (QED) is 0.469. The van der Waals surface area contributed by atoms with E-state index < -0.39 is 17.5 Å². The van der Waals surface area contributed by atoms with Crippen LogP contribution in [0.4, 0.5) is 14.5 Å². The van der Waals surface area contributed by atoms with Gasteiger partial charge in [-0.3, -0.25) is 9.69 Å². The molecule has 0 N–H and O–H groups in total. The van der Waals surface area contributed by atoms with E-state index in [1.165, 1.54) is 5.56 Å². The maximum Gasteiger partial charge on any atom is 0.258 e. The van der Waals surface area contributed by atoms with E-state index in [1.807, 2.05) is 36.4 Å². The predicted octanol–water partition coefficient (Wildman–Crippen LogP) is 5.82. The molecule has 3 aromatic rings. The van der Waals surface area contributed by atoms with Gasteiger partial charge in [-0.1, -0.05) is 23.7 Å². The van der Waals surface area contributed by atoms with Crippen molar-refractivity contribution in [1.29, 1.82) is 0 Å². The Morgan fingerprint density at radius 2 is 1.76 bits per heavy atom. The molecule has 2 aliphatic heterocycles. The Hall–Kier alpha value is -2.96. The summed E-state index contributed by atoms with van der Waals surface area (Å²) in [6.07, 6.45) is 1.71. The number of fused-ring (bicyclic) bond motifs is 2. The number of amides is 1. The third-order valence-electron chi connectivity index (χ3n) is 6.99. The Morgan fingerprint density at radius 3 is 2.44 bits per heavy atom. The molecule has 0 aromatic heterocycles. The number of nitrogens with zero attached hydrogens (tertiary/aromatic N) is 2. The number of rotatable bonds is 4. The fourth-order valence-corrected chi connectivity index (χ4v) is 5.46. The van der Waals surface area contributed by atoms with Crippen molar-refractivity contribution in [1.82, 2.24) is 4.90 Å². The molecular weight excluding hydrogens is 458 g/mol. The molecule has 5 rings (SSSR count). The van der Waals surface area contributed by atoms with Gasteiger partial charge in [0.05, 0.1) is 7.11 Å². The van der Waals surface area contributed by atoms with Crippen LogP contribution in [-0.2, 0) is 12.0 Å². The minimum atomic E-state index is -0.762. The van der Waals surface area contributed by atoms with Crippen molar-refractivity contribution in [2.24, 2.45) is 0 Å². The summed E-state index contributed by atoms with van der Waals surface area (Å²) in [6.45, 7) is 3.00. The lowest BCUT2D eigenvalue weighted by Gasteiger charge is -2.40. The highest BCUT2D eigenvalue weighted by atomic mass is 35.5. The molecule has 2 heterocycles. The lowest BCUT2D eigenvalue weighted by molar-refractivity contribution is 0.0974. The molecule has 0 bridgehead atoms. The summed E-state index contributed by atoms with van der Waals surface area (Å²) in [5, 5.41) is 0.728. The number of piperidine rings is 1. The predicted molar refractivity (Wildman–Crippen MR) is 129 cm³/mol. The maximum atomic E-state index is 13.8. The number of benzene rings is 3. The Labute approximate surface area is 202 Å². The van der Waals surface area contributed by atoms with Gasteiger partial charge in [-0.2, -0.15) is 0 Å². The Kier molecular flexibility index (Phi) is 6.04. The van der Waals surface area contributed by atoms with Crippen molar-refractivity contribution in [2.45, 2.75) is 24.8 Å². The topological polar surface area (TPSA) is 32.8 Å². The summed E-state index contributed by atoms with van der Waals surface area (Å²) in [6, 6.07) is 16.5. The fraction of sp³-hybridized carbons (Fsp3) is 0.296. The highest BCUT2D eigenvalue weighted by molar-refractivity contribution is 6.30. The van der Waals surface area contributed by atoms with Crippen molar-refractivity contribution in [2.75, 3.05) is 31.6 Å². The van der Waals surface area contributed by atoms with Crippen LogP contribution in [0.5, 0.6) is 5.75 Å². The zero-order valence-electron chi connectivity index (χ0n) is 18.9. The molecule has 1 amide bonds. The standard InChI is InChI=1S/C27H25ClF2N2O2/c1-34-23-5-6-25-24(15-23)27(17-32(25)26(33)19-12-21(29)14-22(30)13-19)7-9-31(10-8-27)16-18-3-2-4-20(28)11-18/h2-6,11-15H,7-10,16-17H2,1H3. The van der Waals surface area contributed by atoms with E-state index in [9.17, 15) is 13.6 Å². The van der Waals surface area contributed by atoms with Crippen LogP contribution in [-0.4, -0.2) is 37.6 Å². The van der Waals surface area contributed by atoms with Gasteiger partial charge in [0, 0.05) is 40.8 Å². The number of ether oxygens (including phenoxy) is 1. The first-order chi connectivity index (χ1) is 16.4. The van der Waals surface area contributed by atoms with Crippen LogP contribution in [0.15, 0.2) is 60.7 Å². The average Bonchev–Trinajstić information content (AvgIpc) is 3.13. The lowest BCUT2D eigenvalue weighted by Crippen LogP contribution is -2.45. The van der Waals surface area contributed by atoms with Crippen LogP contribution >= 0.6 is 11.6 Å². The van der Waals surface area contributed by atoms with Crippen molar-refractivity contribution in [3.8, 4) is 5.75 Å². The molecule has 4 nitrogen and oxygen atoms in total. The molecule has 0 radical (unpaired) electrons. The van der Waals surface area contributed by atoms with E-state index in [0.717, 1.165) is 72.7 Å². The first kappa shape index (κ1) is 22.8. The number of hydrogen-bond donors (Lipinski definition) is 0. The zero-order chi connectivity index (χ0) is 23.9. The summed E-state index contributed by atoms with van der Waals surface area (Å²) in [4.78, 5) is 17.4. The summed E-state index contributed by atoms with van der Waals surface area (Å²) >= 11 is 6.15. The molecule has 0 saturated carbocycles. The monoisotopic (exact) mass is 482 g/mol. The highest BCUT2D eigenvalue weighted by Gasteiger charge is 2.46. The van der Waals surface area contributed by atoms with E-state index in [2.05, 4.69) is 11.0 Å². The zero-order valence-corrected chi connectivity index (χ0v) is 19.6. The third-order valence-corrected chi connectivity index (χ3v) is 7.22. The van der Waals surface area contributed by atoms with Crippen molar-refractivity contribution in [3.05, 3.63) is 94.0 Å². The van der Waals surface area contributed by atoms with Gasteiger partial charge in [-0.25, -0.2) is 8.78 Å². The van der Waals surface area contributed by atoms with Crippen LogP contribution < -0.4 is 9.64 Å². The van der Waals surface area contributed by atoms with Gasteiger partial charge in [0.2, 0.25) is 0 Å². The van der Waals surface area contributed by atoms with Gasteiger partial charge in [-0.05, 0) is 79.5 Å². The Bertz CT molecular complexity index is 1220. The van der Waals surface area contributed by atoms with Crippen LogP contribution in [0.2, 0.25) is 5.02 Å². The van der Waals surface area contributed by atoms with E-state index in [-0.39, 0.29) is 11.0 Å². The molecule has 2 aliphatic rings. The first-order valence-corrected chi connectivity index (χ1v) is 11.7. The van der Waals surface area contributed by atoms with Gasteiger partial charge >= 0.3 is 0 Å². The van der Waals surface area contributed by atoms with Crippen LogP contribution in [0.25, 0.3) is 0 Å². The molecule has 1 fully saturated rings. The molecule has 7 heteroatoms. The number of likely N-dealkylation sites (tertiary alicyclic amines) is 1. The number of carbonyl (C=O) groups is 1. The fourth-order valence-electron chi connectivity index (χ4n) is 5.25. The summed E-state index contributed by atoms with van der Waals surface area (Å²) in [5.74, 6) is -1.20. The van der Waals surface area contributed by atoms with E-state index in [1.54, 1.807) is 12.0 Å². The second kappa shape index (κ2) is 9.01. The normalized spacial score (nSPS) is 17.1. The van der Waals surface area contributed by atoms with Gasteiger partial charge in [-0.15, -0.1) is 0 Å². The third kappa shape index (κ3) is 4.28. The van der Waals surface area contributed by atoms with Crippen molar-refractivity contribution in [3.63, 3.8) is 0 Å². The summed E-state index contributed by atoms with van der Waals surface area (Å²) in [5.41, 5.74) is 2.77. The Balaban J connectivity index is 1.42. The molecule has 34 heavy (non-hydrogen) atoms.